The van der Waals surface area contributed by atoms with Gasteiger partial charge in [-0.1, -0.05) is 18.2 Å². The van der Waals surface area contributed by atoms with Crippen molar-refractivity contribution in [2.24, 2.45) is 0 Å². The maximum absolute atomic E-state index is 11.8. The summed E-state index contributed by atoms with van der Waals surface area (Å²) < 4.78 is 0. The molecule has 4 nitrogen and oxygen atoms in total. The molecular formula is C16H19N3O. The molecule has 1 aromatic heterocycles. The molecule has 0 radical (unpaired) electrons. The molecule has 0 spiro atoms. The average Bonchev–Trinajstić information content (AvgIpc) is 2.46. The van der Waals surface area contributed by atoms with Crippen LogP contribution in [0.3, 0.4) is 0 Å². The van der Waals surface area contributed by atoms with Crippen molar-refractivity contribution in [1.29, 1.82) is 0 Å². The number of nitrogens with zero attached hydrogens (tertiary/aromatic N) is 2. The van der Waals surface area contributed by atoms with Gasteiger partial charge in [0, 0.05) is 32.4 Å². The normalized spacial score (nSPS) is 10.1. The number of nitrogens with one attached hydrogen (secondary N) is 1. The molecule has 1 N–H and O–H groups in total. The molecule has 0 saturated heterocycles. The van der Waals surface area contributed by atoms with E-state index in [1.54, 1.807) is 12.3 Å². The van der Waals surface area contributed by atoms with Gasteiger partial charge in [0.2, 0.25) is 5.91 Å². The van der Waals surface area contributed by atoms with Crippen molar-refractivity contribution >= 4 is 17.4 Å². The van der Waals surface area contributed by atoms with Gasteiger partial charge in [-0.05, 0) is 36.2 Å². The molecule has 0 fully saturated rings. The van der Waals surface area contributed by atoms with Crippen molar-refractivity contribution in [2.45, 2.75) is 12.8 Å². The van der Waals surface area contributed by atoms with Crippen LogP contribution in [0, 0.1) is 0 Å². The maximum atomic E-state index is 11.8. The number of carbonyl (C=O) groups is 1. The topological polar surface area (TPSA) is 45.2 Å². The third-order valence-electron chi connectivity index (χ3n) is 3.03. The van der Waals surface area contributed by atoms with Crippen LogP contribution in [-0.4, -0.2) is 25.0 Å². The van der Waals surface area contributed by atoms with Gasteiger partial charge in [0.1, 0.15) is 5.82 Å². The van der Waals surface area contributed by atoms with E-state index in [-0.39, 0.29) is 5.91 Å². The minimum atomic E-state index is -0.0135. The maximum Gasteiger partial charge on any atom is 0.225 e. The summed E-state index contributed by atoms with van der Waals surface area (Å²) in [6, 6.07) is 13.7. The molecule has 1 aromatic carbocycles. The lowest BCUT2D eigenvalue weighted by atomic mass is 10.1. The van der Waals surface area contributed by atoms with Gasteiger partial charge in [0.15, 0.2) is 0 Å². The monoisotopic (exact) mass is 269 g/mol. The first kappa shape index (κ1) is 14.1. The first-order valence-electron chi connectivity index (χ1n) is 6.62. The second-order valence-corrected chi connectivity index (χ2v) is 4.82. The van der Waals surface area contributed by atoms with E-state index in [9.17, 15) is 4.79 Å². The van der Waals surface area contributed by atoms with Crippen LogP contribution < -0.4 is 10.2 Å². The van der Waals surface area contributed by atoms with Gasteiger partial charge in [-0.3, -0.25) is 4.79 Å². The highest BCUT2D eigenvalue weighted by Crippen LogP contribution is 2.13. The zero-order chi connectivity index (χ0) is 14.4. The van der Waals surface area contributed by atoms with Crippen molar-refractivity contribution in [3.05, 3.63) is 54.2 Å². The largest absolute Gasteiger partial charge is 0.378 e. The molecular weight excluding hydrogens is 250 g/mol. The summed E-state index contributed by atoms with van der Waals surface area (Å²) >= 11 is 0. The molecule has 2 aromatic rings. The van der Waals surface area contributed by atoms with Crippen LogP contribution in [0.15, 0.2) is 48.7 Å². The number of amides is 1. The molecule has 0 bridgehead atoms. The lowest BCUT2D eigenvalue weighted by molar-refractivity contribution is -0.116. The average molecular weight is 269 g/mol. The minimum absolute atomic E-state index is 0.0135. The molecule has 0 saturated carbocycles. The lowest BCUT2D eigenvalue weighted by Crippen LogP contribution is -2.13. The Morgan fingerprint density at radius 2 is 1.90 bits per heavy atom. The van der Waals surface area contributed by atoms with Crippen LogP contribution in [0.2, 0.25) is 0 Å². The molecule has 0 atom stereocenters. The molecule has 2 rings (SSSR count). The Morgan fingerprint density at radius 3 is 2.50 bits per heavy atom. The van der Waals surface area contributed by atoms with Gasteiger partial charge in [0.05, 0.1) is 0 Å². The molecule has 4 heteroatoms. The summed E-state index contributed by atoms with van der Waals surface area (Å²) in [6.07, 6.45) is 2.85. The van der Waals surface area contributed by atoms with Gasteiger partial charge in [-0.15, -0.1) is 0 Å². The fraction of sp³-hybridized carbons (Fsp3) is 0.250. The lowest BCUT2D eigenvalue weighted by Gasteiger charge is -2.12. The number of aryl methyl sites for hydroxylation is 1. The first-order valence-corrected chi connectivity index (χ1v) is 6.62. The Labute approximate surface area is 119 Å². The van der Waals surface area contributed by atoms with E-state index in [4.69, 9.17) is 0 Å². The highest BCUT2D eigenvalue weighted by Gasteiger charge is 2.04. The van der Waals surface area contributed by atoms with Crippen molar-refractivity contribution < 1.29 is 4.79 Å². The Hall–Kier alpha value is -2.36. The predicted molar refractivity (Wildman–Crippen MR) is 82.0 cm³/mol. The minimum Gasteiger partial charge on any atom is -0.378 e. The van der Waals surface area contributed by atoms with E-state index in [0.29, 0.717) is 12.2 Å². The van der Waals surface area contributed by atoms with Gasteiger partial charge in [-0.25, -0.2) is 4.98 Å². The third-order valence-corrected chi connectivity index (χ3v) is 3.03. The van der Waals surface area contributed by atoms with E-state index in [1.165, 1.54) is 0 Å². The molecule has 0 unspecified atom stereocenters. The van der Waals surface area contributed by atoms with Crippen LogP contribution in [-0.2, 0) is 11.2 Å². The number of hydrogen-bond acceptors (Lipinski definition) is 3. The number of aromatic nitrogens is 1. The summed E-state index contributed by atoms with van der Waals surface area (Å²) in [5, 5.41) is 2.78. The molecule has 0 aliphatic heterocycles. The third kappa shape index (κ3) is 4.09. The number of benzene rings is 1. The summed E-state index contributed by atoms with van der Waals surface area (Å²) in [7, 11) is 4.02. The summed E-state index contributed by atoms with van der Waals surface area (Å²) in [6.45, 7) is 0. The highest BCUT2D eigenvalue weighted by atomic mass is 16.1. The number of carbonyl (C=O) groups excluding carboxylic acids is 1. The Bertz CT molecular complexity index is 550. The van der Waals surface area contributed by atoms with Gasteiger partial charge in [0.25, 0.3) is 0 Å². The predicted octanol–water partition coefficient (Wildman–Crippen LogP) is 2.72. The Morgan fingerprint density at radius 1 is 1.15 bits per heavy atom. The fourth-order valence-electron chi connectivity index (χ4n) is 1.86. The van der Waals surface area contributed by atoms with Crippen LogP contribution in [0.25, 0.3) is 0 Å². The second kappa shape index (κ2) is 6.70. The van der Waals surface area contributed by atoms with Crippen molar-refractivity contribution in [3.8, 4) is 0 Å². The molecule has 0 aliphatic carbocycles. The van der Waals surface area contributed by atoms with E-state index < -0.39 is 0 Å². The Balaban J connectivity index is 1.84. The molecule has 20 heavy (non-hydrogen) atoms. The van der Waals surface area contributed by atoms with Crippen LogP contribution in [0.4, 0.5) is 11.5 Å². The molecule has 1 heterocycles. The van der Waals surface area contributed by atoms with Gasteiger partial charge in [-0.2, -0.15) is 0 Å². The number of pyridine rings is 1. The Kier molecular flexibility index (Phi) is 4.71. The standard InChI is InChI=1S/C16H19N3O/c1-19(2)14-9-6-13(7-10-14)8-11-16(20)18-15-5-3-4-12-17-15/h3-7,9-10,12H,8,11H2,1-2H3,(H,17,18,20). The zero-order valence-corrected chi connectivity index (χ0v) is 11.8. The number of rotatable bonds is 5. The van der Waals surface area contributed by atoms with Crippen molar-refractivity contribution in [2.75, 3.05) is 24.3 Å². The van der Waals surface area contributed by atoms with E-state index in [0.717, 1.165) is 17.7 Å². The first-order chi connectivity index (χ1) is 9.65. The summed E-state index contributed by atoms with van der Waals surface area (Å²) in [4.78, 5) is 17.9. The van der Waals surface area contributed by atoms with E-state index >= 15 is 0 Å². The quantitative estimate of drug-likeness (QED) is 0.907. The van der Waals surface area contributed by atoms with Crippen LogP contribution in [0.1, 0.15) is 12.0 Å². The summed E-state index contributed by atoms with van der Waals surface area (Å²) in [5.74, 6) is 0.584. The second-order valence-electron chi connectivity index (χ2n) is 4.82. The highest BCUT2D eigenvalue weighted by molar-refractivity contribution is 5.89. The zero-order valence-electron chi connectivity index (χ0n) is 11.8. The molecule has 104 valence electrons. The SMILES string of the molecule is CN(C)c1ccc(CCC(=O)Nc2ccccn2)cc1. The molecule has 1 amide bonds. The number of anilines is 2. The summed E-state index contributed by atoms with van der Waals surface area (Å²) in [5.41, 5.74) is 2.32. The van der Waals surface area contributed by atoms with E-state index in [1.807, 2.05) is 26.2 Å². The van der Waals surface area contributed by atoms with Gasteiger partial charge < -0.3 is 10.2 Å². The van der Waals surface area contributed by atoms with E-state index in [2.05, 4.69) is 39.5 Å². The smallest absolute Gasteiger partial charge is 0.225 e. The van der Waals surface area contributed by atoms with Crippen LogP contribution in [0.5, 0.6) is 0 Å². The molecule has 0 aliphatic rings. The number of hydrogen-bond donors (Lipinski definition) is 1. The van der Waals surface area contributed by atoms with Crippen LogP contribution >= 0.6 is 0 Å². The van der Waals surface area contributed by atoms with Crippen molar-refractivity contribution in [3.63, 3.8) is 0 Å². The van der Waals surface area contributed by atoms with Gasteiger partial charge >= 0.3 is 0 Å². The fourth-order valence-corrected chi connectivity index (χ4v) is 1.86. The van der Waals surface area contributed by atoms with Crippen molar-refractivity contribution in [1.82, 2.24) is 4.98 Å².